The highest BCUT2D eigenvalue weighted by atomic mass is 32.1. The number of amides is 1. The molecule has 0 aliphatic rings. The zero-order valence-electron chi connectivity index (χ0n) is 16.6. The van der Waals surface area contributed by atoms with Crippen molar-refractivity contribution in [2.75, 3.05) is 6.54 Å². The summed E-state index contributed by atoms with van der Waals surface area (Å²) in [4.78, 5) is 28.3. The minimum absolute atomic E-state index is 0.0973. The van der Waals surface area contributed by atoms with Gasteiger partial charge in [0.25, 0.3) is 5.91 Å². The third-order valence-corrected chi connectivity index (χ3v) is 7.51. The predicted molar refractivity (Wildman–Crippen MR) is 125 cm³/mol. The Balaban J connectivity index is 1.70. The van der Waals surface area contributed by atoms with Crippen molar-refractivity contribution in [3.8, 4) is 0 Å². The molecule has 0 bridgehead atoms. The molecule has 0 radical (unpaired) electrons. The molecule has 0 aromatic carbocycles. The van der Waals surface area contributed by atoms with E-state index in [-0.39, 0.29) is 11.8 Å². The summed E-state index contributed by atoms with van der Waals surface area (Å²) in [5.41, 5.74) is 0.836. The minimum atomic E-state index is -1.02. The molecule has 8 heteroatoms. The third kappa shape index (κ3) is 5.81. The molecule has 3 rings (SSSR count). The van der Waals surface area contributed by atoms with E-state index in [1.54, 1.807) is 28.7 Å². The number of rotatable bonds is 11. The lowest BCUT2D eigenvalue weighted by Crippen LogP contribution is -2.40. The van der Waals surface area contributed by atoms with E-state index in [1.165, 1.54) is 21.1 Å². The first kappa shape index (κ1) is 22.3. The number of aliphatic carboxylic acids is 1. The van der Waals surface area contributed by atoms with Crippen LogP contribution in [0.4, 0.5) is 0 Å². The van der Waals surface area contributed by atoms with Gasteiger partial charge in [-0.1, -0.05) is 18.7 Å². The fraction of sp³-hybridized carbons (Fsp3) is 0.273. The molecule has 0 aliphatic heterocycles. The summed E-state index contributed by atoms with van der Waals surface area (Å²) in [6.45, 7) is 6.23. The minimum Gasteiger partial charge on any atom is -0.480 e. The van der Waals surface area contributed by atoms with Crippen LogP contribution in [-0.4, -0.2) is 29.6 Å². The molecule has 1 atom stereocenters. The van der Waals surface area contributed by atoms with Gasteiger partial charge in [0.1, 0.15) is 6.04 Å². The van der Waals surface area contributed by atoms with Crippen molar-refractivity contribution < 1.29 is 14.7 Å². The van der Waals surface area contributed by atoms with Gasteiger partial charge in [0.2, 0.25) is 0 Å². The number of allylic oxidation sites excluding steroid dienone is 1. The number of carbonyl (C=O) groups is 2. The smallest absolute Gasteiger partial charge is 0.326 e. The molecule has 0 spiro atoms. The molecule has 0 fully saturated rings. The quantitative estimate of drug-likeness (QED) is 0.346. The number of nitrogens with one attached hydrogen (secondary N) is 2. The van der Waals surface area contributed by atoms with Crippen LogP contribution in [0.15, 0.2) is 59.4 Å². The number of carboxylic acid groups (broad SMARTS) is 1. The molecule has 3 N–H and O–H groups in total. The van der Waals surface area contributed by atoms with Crippen molar-refractivity contribution in [1.82, 2.24) is 10.6 Å². The van der Waals surface area contributed by atoms with Crippen molar-refractivity contribution >= 4 is 45.9 Å². The normalized spacial score (nSPS) is 11.9. The van der Waals surface area contributed by atoms with E-state index in [1.807, 2.05) is 25.1 Å². The van der Waals surface area contributed by atoms with Crippen LogP contribution >= 0.6 is 34.0 Å². The third-order valence-electron chi connectivity index (χ3n) is 4.49. The van der Waals surface area contributed by atoms with Crippen LogP contribution in [0.25, 0.3) is 0 Å². The lowest BCUT2D eigenvalue weighted by atomic mass is 10.0. The topological polar surface area (TPSA) is 78.4 Å². The van der Waals surface area contributed by atoms with Gasteiger partial charge < -0.3 is 15.7 Å². The maximum atomic E-state index is 12.7. The summed E-state index contributed by atoms with van der Waals surface area (Å²) in [5, 5.41) is 19.3. The average Bonchev–Trinajstić information content (AvgIpc) is 3.47. The highest BCUT2D eigenvalue weighted by molar-refractivity contribution is 7.15. The molecule has 3 aromatic rings. The van der Waals surface area contributed by atoms with Gasteiger partial charge in [0, 0.05) is 26.9 Å². The van der Waals surface area contributed by atoms with Gasteiger partial charge >= 0.3 is 5.97 Å². The van der Waals surface area contributed by atoms with Crippen molar-refractivity contribution in [2.45, 2.75) is 31.7 Å². The maximum Gasteiger partial charge on any atom is 0.326 e. The molecule has 1 unspecified atom stereocenters. The van der Waals surface area contributed by atoms with Gasteiger partial charge in [-0.05, 0) is 54.8 Å². The largest absolute Gasteiger partial charge is 0.480 e. The first-order chi connectivity index (χ1) is 14.5. The second-order valence-corrected chi connectivity index (χ2v) is 9.95. The first-order valence-corrected chi connectivity index (χ1v) is 12.1. The summed E-state index contributed by atoms with van der Waals surface area (Å²) < 4.78 is 0. The summed E-state index contributed by atoms with van der Waals surface area (Å²) in [7, 11) is 0. The Bertz CT molecular complexity index is 943. The molecule has 3 aromatic heterocycles. The highest BCUT2D eigenvalue weighted by Crippen LogP contribution is 2.39. The van der Waals surface area contributed by atoms with Crippen LogP contribution in [0.3, 0.4) is 0 Å². The zero-order valence-corrected chi connectivity index (χ0v) is 19.0. The van der Waals surface area contributed by atoms with Crippen molar-refractivity contribution in [1.29, 1.82) is 0 Å². The molecule has 0 saturated heterocycles. The number of carbonyl (C=O) groups excluding carboxylic acids is 1. The van der Waals surface area contributed by atoms with Crippen LogP contribution in [0.2, 0.25) is 0 Å². The summed E-state index contributed by atoms with van der Waals surface area (Å²) in [6.07, 6.45) is 0.977. The van der Waals surface area contributed by atoms with Crippen LogP contribution in [0, 0.1) is 0 Å². The van der Waals surface area contributed by atoms with E-state index in [0.29, 0.717) is 24.3 Å². The fourth-order valence-corrected chi connectivity index (χ4v) is 6.05. The van der Waals surface area contributed by atoms with Gasteiger partial charge in [0.15, 0.2) is 0 Å². The molecule has 158 valence electrons. The van der Waals surface area contributed by atoms with E-state index in [2.05, 4.69) is 40.1 Å². The Kier molecular flexibility index (Phi) is 7.84. The van der Waals surface area contributed by atoms with Gasteiger partial charge in [-0.2, -0.15) is 0 Å². The molecule has 0 saturated carbocycles. The van der Waals surface area contributed by atoms with E-state index < -0.39 is 12.0 Å². The second kappa shape index (κ2) is 10.6. The maximum absolute atomic E-state index is 12.7. The van der Waals surface area contributed by atoms with Crippen molar-refractivity contribution in [3.63, 3.8) is 0 Å². The number of carboxylic acids is 1. The SMILES string of the molecule is C=C(C)NCCCC(NC(=O)c1ccc(C(c2cccs2)c2cccs2)s1)C(=O)O. The summed E-state index contributed by atoms with van der Waals surface area (Å²) in [6, 6.07) is 11.1. The molecular formula is C22H24N2O3S3. The Hall–Kier alpha value is -2.42. The molecule has 3 heterocycles. The van der Waals surface area contributed by atoms with E-state index in [0.717, 1.165) is 10.6 Å². The lowest BCUT2D eigenvalue weighted by molar-refractivity contribution is -0.139. The Morgan fingerprint density at radius 2 is 1.73 bits per heavy atom. The van der Waals surface area contributed by atoms with E-state index in [4.69, 9.17) is 0 Å². The zero-order chi connectivity index (χ0) is 21.5. The number of thiophene rings is 3. The standard InChI is InChI=1S/C22H24N2O3S3/c1-14(2)23-11-3-6-15(22(26)27)24-21(25)19-10-9-18(30-19)20(16-7-4-12-28-16)17-8-5-13-29-17/h4-5,7-10,12-13,15,20,23H,1,3,6,11H2,2H3,(H,24,25)(H,26,27). The molecule has 0 aliphatic carbocycles. The van der Waals surface area contributed by atoms with Crippen molar-refractivity contribution in [3.05, 3.63) is 78.9 Å². The van der Waals surface area contributed by atoms with Gasteiger partial charge in [-0.15, -0.1) is 34.0 Å². The molecule has 30 heavy (non-hydrogen) atoms. The fourth-order valence-electron chi connectivity index (χ4n) is 3.06. The Labute approximate surface area is 188 Å². The number of hydrogen-bond acceptors (Lipinski definition) is 6. The van der Waals surface area contributed by atoms with E-state index in [9.17, 15) is 14.7 Å². The van der Waals surface area contributed by atoms with Crippen molar-refractivity contribution in [2.24, 2.45) is 0 Å². The second-order valence-electron chi connectivity index (χ2n) is 6.88. The van der Waals surface area contributed by atoms with Gasteiger partial charge in [0.05, 0.1) is 10.8 Å². The van der Waals surface area contributed by atoms with Gasteiger partial charge in [-0.25, -0.2) is 4.79 Å². The lowest BCUT2D eigenvalue weighted by Gasteiger charge is -2.14. The van der Waals surface area contributed by atoms with Gasteiger partial charge in [-0.3, -0.25) is 4.79 Å². The van der Waals surface area contributed by atoms with Crippen LogP contribution in [0.5, 0.6) is 0 Å². The number of hydrogen-bond donors (Lipinski definition) is 3. The predicted octanol–water partition coefficient (Wildman–Crippen LogP) is 5.14. The van der Waals surface area contributed by atoms with Crippen LogP contribution in [-0.2, 0) is 4.79 Å². The monoisotopic (exact) mass is 460 g/mol. The van der Waals surface area contributed by atoms with Crippen LogP contribution in [0.1, 0.15) is 50.0 Å². The first-order valence-electron chi connectivity index (χ1n) is 9.55. The molecule has 5 nitrogen and oxygen atoms in total. The van der Waals surface area contributed by atoms with Crippen LogP contribution < -0.4 is 10.6 Å². The Morgan fingerprint density at radius 1 is 1.07 bits per heavy atom. The Morgan fingerprint density at radius 3 is 2.27 bits per heavy atom. The highest BCUT2D eigenvalue weighted by Gasteiger charge is 2.24. The molecule has 1 amide bonds. The molecular weight excluding hydrogens is 436 g/mol. The van der Waals surface area contributed by atoms with E-state index >= 15 is 0 Å². The summed E-state index contributed by atoms with van der Waals surface area (Å²) >= 11 is 4.80. The summed E-state index contributed by atoms with van der Waals surface area (Å²) in [5.74, 6) is -1.27. The average molecular weight is 461 g/mol.